The number of hydrogen-bond donors (Lipinski definition) is 0. The van der Waals surface area contributed by atoms with Crippen LogP contribution in [0.5, 0.6) is 0 Å². The molecule has 0 aliphatic carbocycles. The van der Waals surface area contributed by atoms with Gasteiger partial charge in [0.1, 0.15) is 6.17 Å². The maximum Gasteiger partial charge on any atom is 0.106 e. The molecule has 0 saturated heterocycles. The summed E-state index contributed by atoms with van der Waals surface area (Å²) in [5, 5.41) is 0. The molecule has 0 aromatic heterocycles. The van der Waals surface area contributed by atoms with Crippen molar-refractivity contribution in [2.75, 3.05) is 6.67 Å². The van der Waals surface area contributed by atoms with Gasteiger partial charge in [-0.15, -0.1) is 0 Å². The van der Waals surface area contributed by atoms with Crippen LogP contribution in [0.3, 0.4) is 0 Å². The molecule has 0 amide bonds. The van der Waals surface area contributed by atoms with Crippen molar-refractivity contribution >= 4 is 0 Å². The van der Waals surface area contributed by atoms with E-state index in [4.69, 9.17) is 0 Å². The lowest BCUT2D eigenvalue weighted by Gasteiger charge is -2.29. The third-order valence-corrected chi connectivity index (χ3v) is 19.4. The predicted octanol–water partition coefficient (Wildman–Crippen LogP) is 30.3. The first-order valence-corrected chi connectivity index (χ1v) is 38.9. The van der Waals surface area contributed by atoms with Crippen LogP contribution in [-0.4, -0.2) is 12.8 Å². The molecule has 0 N–H and O–H groups in total. The van der Waals surface area contributed by atoms with E-state index in [1.165, 1.54) is 417 Å². The first kappa shape index (κ1) is 79.9. The molecule has 0 aliphatic heterocycles. The first-order chi connectivity index (χ1) is 39.7. The van der Waals surface area contributed by atoms with Gasteiger partial charge >= 0.3 is 0 Å². The highest BCUT2D eigenvalue weighted by molar-refractivity contribution is 4.78. The van der Waals surface area contributed by atoms with Gasteiger partial charge in [0.2, 0.25) is 0 Å². The summed E-state index contributed by atoms with van der Waals surface area (Å²) in [6, 6.07) is 0. The van der Waals surface area contributed by atoms with Gasteiger partial charge in [0, 0.05) is 0 Å². The van der Waals surface area contributed by atoms with E-state index in [9.17, 15) is 4.39 Å². The molecular weight excluding hydrogens is 975 g/mol. The Morgan fingerprint density at radius 3 is 0.400 bits per heavy atom. The van der Waals surface area contributed by atoms with Gasteiger partial charge in [0.05, 0.1) is 6.67 Å². The fraction of sp³-hybridized carbons (Fsp3) is 1.00. The Morgan fingerprint density at radius 1 is 0.163 bits per heavy atom. The average Bonchev–Trinajstić information content (AvgIpc) is 3.47. The molecule has 2 heteroatoms. The highest BCUT2D eigenvalue weighted by atomic mass is 19.1. The summed E-state index contributed by atoms with van der Waals surface area (Å²) >= 11 is 0. The maximum absolute atomic E-state index is 17.2. The minimum atomic E-state index is -0.587. The third kappa shape index (κ3) is 65.4. The Kier molecular flexibility index (Phi) is 73.0. The number of hydrogen-bond acceptors (Lipinski definition) is 0. The zero-order valence-electron chi connectivity index (χ0n) is 56.4. The number of alkyl halides is 2. The van der Waals surface area contributed by atoms with Gasteiger partial charge in [-0.1, -0.05) is 445 Å². The summed E-state index contributed by atoms with van der Waals surface area (Å²) in [6.45, 7) is 6.80. The highest BCUT2D eigenvalue weighted by Crippen LogP contribution is 2.34. The van der Waals surface area contributed by atoms with E-state index < -0.39 is 6.17 Å². The van der Waals surface area contributed by atoms with Crippen LogP contribution in [0, 0.1) is 11.8 Å². The van der Waals surface area contributed by atoms with Crippen LogP contribution in [0.2, 0.25) is 0 Å². The summed E-state index contributed by atoms with van der Waals surface area (Å²) in [7, 11) is 0. The van der Waals surface area contributed by atoms with E-state index in [-0.39, 0.29) is 6.67 Å². The van der Waals surface area contributed by atoms with Crippen LogP contribution in [0.1, 0.15) is 477 Å². The molecule has 0 fully saturated rings. The minimum absolute atomic E-state index is 0.145. The van der Waals surface area contributed by atoms with E-state index in [1.54, 1.807) is 0 Å². The van der Waals surface area contributed by atoms with Crippen molar-refractivity contribution in [3.63, 3.8) is 0 Å². The second kappa shape index (κ2) is 73.1. The van der Waals surface area contributed by atoms with Crippen molar-refractivity contribution in [1.29, 1.82) is 0 Å². The zero-order valence-corrected chi connectivity index (χ0v) is 56.4. The largest absolute Gasteiger partial charge is 0.251 e. The van der Waals surface area contributed by atoms with Crippen LogP contribution in [0.25, 0.3) is 0 Å². The molecule has 3 atom stereocenters. The Hall–Kier alpha value is -0.140. The van der Waals surface area contributed by atoms with E-state index in [2.05, 4.69) is 20.8 Å². The van der Waals surface area contributed by atoms with Crippen molar-refractivity contribution in [2.45, 2.75) is 483 Å². The standard InChI is InChI=1S/C78H156F2/c1-4-7-10-13-16-19-21-23-25-27-29-31-33-35-37-39-41-44-48-52-57-62-67-72-76(71-66-61-56-18-15-12-9-6-3)78(80)77(74-69-64-59-54-50-46-43-47-51-55-60-65-70-75-79)73-68-63-58-53-49-45-42-40-38-36-34-32-30-28-26-24-22-20-17-14-11-8-5-2/h76-78H,4-75H2,1-3H3. The fourth-order valence-corrected chi connectivity index (χ4v) is 13.7. The molecule has 0 bridgehead atoms. The van der Waals surface area contributed by atoms with Gasteiger partial charge in [0.25, 0.3) is 0 Å². The van der Waals surface area contributed by atoms with Crippen molar-refractivity contribution in [2.24, 2.45) is 11.8 Å². The highest BCUT2D eigenvalue weighted by Gasteiger charge is 2.28. The van der Waals surface area contributed by atoms with Gasteiger partial charge in [0.15, 0.2) is 0 Å². The van der Waals surface area contributed by atoms with Gasteiger partial charge < -0.3 is 0 Å². The van der Waals surface area contributed by atoms with Crippen LogP contribution in [-0.2, 0) is 0 Å². The Labute approximate surface area is 507 Å². The summed E-state index contributed by atoms with van der Waals surface area (Å²) in [5.74, 6) is 0.585. The summed E-state index contributed by atoms with van der Waals surface area (Å²) < 4.78 is 29.6. The van der Waals surface area contributed by atoms with Gasteiger partial charge in [-0.25, -0.2) is 4.39 Å². The molecule has 80 heavy (non-hydrogen) atoms. The number of halogens is 2. The van der Waals surface area contributed by atoms with Gasteiger partial charge in [-0.3, -0.25) is 4.39 Å². The van der Waals surface area contributed by atoms with Crippen molar-refractivity contribution in [3.05, 3.63) is 0 Å². The number of rotatable bonds is 74. The monoisotopic (exact) mass is 1130 g/mol. The molecular formula is C78H156F2. The second-order valence-corrected chi connectivity index (χ2v) is 27.4. The topological polar surface area (TPSA) is 0 Å². The fourth-order valence-electron chi connectivity index (χ4n) is 13.7. The Morgan fingerprint density at radius 2 is 0.275 bits per heavy atom. The lowest BCUT2D eigenvalue weighted by molar-refractivity contribution is 0.114. The Bertz CT molecular complexity index is 1040. The maximum atomic E-state index is 17.2. The van der Waals surface area contributed by atoms with Crippen molar-refractivity contribution in [3.8, 4) is 0 Å². The third-order valence-electron chi connectivity index (χ3n) is 19.4. The molecule has 482 valence electrons. The first-order valence-electron chi connectivity index (χ1n) is 38.9. The average molecular weight is 1130 g/mol. The van der Waals surface area contributed by atoms with E-state index in [0.717, 1.165) is 38.5 Å². The zero-order chi connectivity index (χ0) is 57.6. The molecule has 0 heterocycles. The predicted molar refractivity (Wildman–Crippen MR) is 363 cm³/mol. The van der Waals surface area contributed by atoms with Crippen molar-refractivity contribution < 1.29 is 8.78 Å². The lowest BCUT2D eigenvalue weighted by atomic mass is 9.80. The SMILES string of the molecule is CCCCCCCCCCCCCCCCCCCCCCCCCC(CCCCCCCCCC)C(F)C(CCCCCCCCCCCCCCCF)CCCCCCCCCCCCCCCCCCCCCCCCC. The van der Waals surface area contributed by atoms with Gasteiger partial charge in [-0.05, 0) is 43.9 Å². The van der Waals surface area contributed by atoms with E-state index in [0.29, 0.717) is 11.8 Å². The van der Waals surface area contributed by atoms with Crippen LogP contribution in [0.4, 0.5) is 8.78 Å². The molecule has 0 nitrogen and oxygen atoms in total. The van der Waals surface area contributed by atoms with Crippen LogP contribution < -0.4 is 0 Å². The smallest absolute Gasteiger partial charge is 0.106 e. The van der Waals surface area contributed by atoms with Crippen LogP contribution >= 0.6 is 0 Å². The molecule has 0 aromatic carbocycles. The van der Waals surface area contributed by atoms with Gasteiger partial charge in [-0.2, -0.15) is 0 Å². The van der Waals surface area contributed by atoms with Crippen LogP contribution in [0.15, 0.2) is 0 Å². The molecule has 0 spiro atoms. The molecule has 0 rings (SSSR count). The van der Waals surface area contributed by atoms with E-state index in [1.807, 2.05) is 0 Å². The molecule has 0 aromatic rings. The van der Waals surface area contributed by atoms with Crippen molar-refractivity contribution in [1.82, 2.24) is 0 Å². The van der Waals surface area contributed by atoms with E-state index >= 15 is 4.39 Å². The summed E-state index contributed by atoms with van der Waals surface area (Å²) in [5.41, 5.74) is 0. The molecule has 0 saturated carbocycles. The molecule has 3 unspecified atom stereocenters. The second-order valence-electron chi connectivity index (χ2n) is 27.4. The minimum Gasteiger partial charge on any atom is -0.251 e. The number of unbranched alkanes of at least 4 members (excludes halogenated alkanes) is 63. The summed E-state index contributed by atoms with van der Waals surface area (Å²) in [4.78, 5) is 0. The molecule has 0 radical (unpaired) electrons. The quantitative estimate of drug-likeness (QED) is 0.0533. The summed E-state index contributed by atoms with van der Waals surface area (Å²) in [6.07, 6.45) is 97.0. The lowest BCUT2D eigenvalue weighted by Crippen LogP contribution is -2.26. The normalized spacial score (nSPS) is 13.0. The Balaban J connectivity index is 4.70. The molecule has 0 aliphatic rings.